The second-order valence-corrected chi connectivity index (χ2v) is 4.57. The first kappa shape index (κ1) is 14.6. The van der Waals surface area contributed by atoms with E-state index in [1.165, 1.54) is 0 Å². The molecule has 0 aromatic heterocycles. The maximum absolute atomic E-state index is 10.8. The van der Waals surface area contributed by atoms with Gasteiger partial charge in [-0.15, -0.1) is 0 Å². The summed E-state index contributed by atoms with van der Waals surface area (Å²) >= 11 is 0. The van der Waals surface area contributed by atoms with Crippen molar-refractivity contribution in [3.8, 4) is 0 Å². The second kappa shape index (κ2) is 7.79. The Bertz CT molecular complexity index is 380. The number of benzene rings is 1. The van der Waals surface area contributed by atoms with Crippen molar-refractivity contribution in [3.63, 3.8) is 0 Å². The van der Waals surface area contributed by atoms with Crippen molar-refractivity contribution in [2.45, 2.75) is 19.4 Å². The molecule has 1 aromatic rings. The lowest BCUT2D eigenvalue weighted by molar-refractivity contribution is -0.385. The van der Waals surface area contributed by atoms with Crippen LogP contribution >= 0.6 is 0 Å². The van der Waals surface area contributed by atoms with Crippen LogP contribution in [0.4, 0.5) is 5.69 Å². The van der Waals surface area contributed by atoms with Crippen molar-refractivity contribution in [2.24, 2.45) is 0 Å². The van der Waals surface area contributed by atoms with Crippen molar-refractivity contribution >= 4 is 5.69 Å². The maximum atomic E-state index is 10.8. The Labute approximate surface area is 108 Å². The summed E-state index contributed by atoms with van der Waals surface area (Å²) in [6, 6.07) is 6.86. The molecule has 0 radical (unpaired) electrons. The molecule has 18 heavy (non-hydrogen) atoms. The summed E-state index contributed by atoms with van der Waals surface area (Å²) in [5, 5.41) is 14.1. The molecular weight excluding hydrogens is 230 g/mol. The van der Waals surface area contributed by atoms with Gasteiger partial charge in [-0.3, -0.25) is 10.1 Å². The number of nitrogens with one attached hydrogen (secondary N) is 1. The zero-order valence-electron chi connectivity index (χ0n) is 11.1. The molecule has 0 bridgehead atoms. The van der Waals surface area contributed by atoms with E-state index >= 15 is 0 Å². The van der Waals surface area contributed by atoms with E-state index < -0.39 is 0 Å². The van der Waals surface area contributed by atoms with Gasteiger partial charge in [0, 0.05) is 18.2 Å². The number of unbranched alkanes of at least 4 members (excludes halogenated alkanes) is 1. The highest BCUT2D eigenvalue weighted by molar-refractivity contribution is 5.39. The summed E-state index contributed by atoms with van der Waals surface area (Å²) < 4.78 is 0. The molecule has 0 saturated carbocycles. The summed E-state index contributed by atoms with van der Waals surface area (Å²) in [4.78, 5) is 12.6. The highest BCUT2D eigenvalue weighted by atomic mass is 16.6. The minimum atomic E-state index is -0.330. The van der Waals surface area contributed by atoms with E-state index in [-0.39, 0.29) is 10.6 Å². The predicted octanol–water partition coefficient (Wildman–Crippen LogP) is 2.03. The SMILES string of the molecule is CN(C)CCCCNCc1ccccc1[N+](=O)[O-]. The van der Waals surface area contributed by atoms with Crippen LogP contribution in [0, 0.1) is 10.1 Å². The molecule has 1 N–H and O–H groups in total. The minimum Gasteiger partial charge on any atom is -0.312 e. The topological polar surface area (TPSA) is 58.4 Å². The molecule has 0 aliphatic heterocycles. The van der Waals surface area contributed by atoms with Crippen LogP contribution in [-0.4, -0.2) is 37.0 Å². The fraction of sp³-hybridized carbons (Fsp3) is 0.538. The van der Waals surface area contributed by atoms with Gasteiger partial charge in [0.15, 0.2) is 0 Å². The molecule has 0 atom stereocenters. The Hall–Kier alpha value is -1.46. The average Bonchev–Trinajstić information content (AvgIpc) is 2.33. The fourth-order valence-electron chi connectivity index (χ4n) is 1.74. The Morgan fingerprint density at radius 2 is 2.00 bits per heavy atom. The van der Waals surface area contributed by atoms with Crippen molar-refractivity contribution in [2.75, 3.05) is 27.2 Å². The van der Waals surface area contributed by atoms with Crippen LogP contribution in [0.2, 0.25) is 0 Å². The van der Waals surface area contributed by atoms with Gasteiger partial charge in [0.1, 0.15) is 0 Å². The lowest BCUT2D eigenvalue weighted by Crippen LogP contribution is -2.18. The molecule has 0 aliphatic rings. The van der Waals surface area contributed by atoms with Gasteiger partial charge in [0.2, 0.25) is 0 Å². The molecule has 1 aromatic carbocycles. The lowest BCUT2D eigenvalue weighted by Gasteiger charge is -2.09. The van der Waals surface area contributed by atoms with Gasteiger partial charge in [0.25, 0.3) is 5.69 Å². The Kier molecular flexibility index (Phi) is 6.32. The molecule has 1 rings (SSSR count). The summed E-state index contributed by atoms with van der Waals surface area (Å²) in [6.07, 6.45) is 2.22. The fourth-order valence-corrected chi connectivity index (χ4v) is 1.74. The van der Waals surface area contributed by atoms with Crippen LogP contribution < -0.4 is 5.32 Å². The molecule has 100 valence electrons. The number of para-hydroxylation sites is 1. The lowest BCUT2D eigenvalue weighted by atomic mass is 10.2. The number of nitrogens with zero attached hydrogens (tertiary/aromatic N) is 2. The molecule has 0 spiro atoms. The van der Waals surface area contributed by atoms with E-state index in [9.17, 15) is 10.1 Å². The van der Waals surface area contributed by atoms with Crippen LogP contribution in [0.1, 0.15) is 18.4 Å². The third-order valence-corrected chi connectivity index (χ3v) is 2.71. The third kappa shape index (κ3) is 5.25. The number of rotatable bonds is 8. The smallest absolute Gasteiger partial charge is 0.273 e. The Morgan fingerprint density at radius 1 is 1.28 bits per heavy atom. The first-order valence-corrected chi connectivity index (χ1v) is 6.19. The first-order chi connectivity index (χ1) is 8.61. The number of nitro benzene ring substituents is 1. The number of hydrogen-bond donors (Lipinski definition) is 1. The summed E-state index contributed by atoms with van der Waals surface area (Å²) in [7, 11) is 4.11. The van der Waals surface area contributed by atoms with Gasteiger partial charge in [-0.2, -0.15) is 0 Å². The largest absolute Gasteiger partial charge is 0.312 e. The van der Waals surface area contributed by atoms with Gasteiger partial charge in [0.05, 0.1) is 4.92 Å². The highest BCUT2D eigenvalue weighted by Gasteiger charge is 2.10. The third-order valence-electron chi connectivity index (χ3n) is 2.71. The quantitative estimate of drug-likeness (QED) is 0.436. The van der Waals surface area contributed by atoms with Gasteiger partial charge < -0.3 is 10.2 Å². The van der Waals surface area contributed by atoms with Gasteiger partial charge >= 0.3 is 0 Å². The molecule has 0 unspecified atom stereocenters. The first-order valence-electron chi connectivity index (χ1n) is 6.19. The Balaban J connectivity index is 2.29. The zero-order valence-corrected chi connectivity index (χ0v) is 11.1. The van der Waals surface area contributed by atoms with Crippen LogP contribution in [0.5, 0.6) is 0 Å². The standard InChI is InChI=1S/C13H21N3O2/c1-15(2)10-6-5-9-14-11-12-7-3-4-8-13(12)16(17)18/h3-4,7-8,14H,5-6,9-11H2,1-2H3. The van der Waals surface area contributed by atoms with Gasteiger partial charge in [-0.1, -0.05) is 18.2 Å². The highest BCUT2D eigenvalue weighted by Crippen LogP contribution is 2.16. The monoisotopic (exact) mass is 251 g/mol. The Morgan fingerprint density at radius 3 is 2.67 bits per heavy atom. The second-order valence-electron chi connectivity index (χ2n) is 4.57. The van der Waals surface area contributed by atoms with Crippen molar-refractivity contribution in [3.05, 3.63) is 39.9 Å². The molecule has 5 nitrogen and oxygen atoms in total. The zero-order chi connectivity index (χ0) is 13.4. The van der Waals surface area contributed by atoms with Crippen molar-refractivity contribution in [1.29, 1.82) is 0 Å². The average molecular weight is 251 g/mol. The molecule has 0 fully saturated rings. The van der Waals surface area contributed by atoms with Crippen LogP contribution in [0.15, 0.2) is 24.3 Å². The van der Waals surface area contributed by atoms with E-state index in [1.807, 2.05) is 6.07 Å². The maximum Gasteiger partial charge on any atom is 0.273 e. The molecule has 0 heterocycles. The molecular formula is C13H21N3O2. The predicted molar refractivity (Wildman–Crippen MR) is 72.6 cm³/mol. The normalized spacial score (nSPS) is 10.8. The summed E-state index contributed by atoms with van der Waals surface area (Å²) in [5.41, 5.74) is 0.938. The van der Waals surface area contributed by atoms with E-state index in [0.717, 1.165) is 31.5 Å². The van der Waals surface area contributed by atoms with Crippen LogP contribution in [0.25, 0.3) is 0 Å². The van der Waals surface area contributed by atoms with E-state index in [0.29, 0.717) is 6.54 Å². The minimum absolute atomic E-state index is 0.193. The summed E-state index contributed by atoms with van der Waals surface area (Å²) in [6.45, 7) is 2.52. The van der Waals surface area contributed by atoms with Gasteiger partial charge in [-0.05, 0) is 40.0 Å². The number of hydrogen-bond acceptors (Lipinski definition) is 4. The molecule has 5 heteroatoms. The number of nitro groups is 1. The van der Waals surface area contributed by atoms with Crippen LogP contribution in [-0.2, 0) is 6.54 Å². The van der Waals surface area contributed by atoms with Crippen molar-refractivity contribution < 1.29 is 4.92 Å². The van der Waals surface area contributed by atoms with Gasteiger partial charge in [-0.25, -0.2) is 0 Å². The van der Waals surface area contributed by atoms with Crippen molar-refractivity contribution in [1.82, 2.24) is 10.2 Å². The van der Waals surface area contributed by atoms with E-state index in [2.05, 4.69) is 24.3 Å². The molecule has 0 saturated heterocycles. The van der Waals surface area contributed by atoms with E-state index in [4.69, 9.17) is 0 Å². The van der Waals surface area contributed by atoms with Crippen LogP contribution in [0.3, 0.4) is 0 Å². The van der Waals surface area contributed by atoms with E-state index in [1.54, 1.807) is 18.2 Å². The molecule has 0 aliphatic carbocycles. The molecule has 0 amide bonds. The summed E-state index contributed by atoms with van der Waals surface area (Å²) in [5.74, 6) is 0.